The molecule has 2 fully saturated rings. The van der Waals surface area contributed by atoms with Gasteiger partial charge in [-0.1, -0.05) is 76.1 Å². The Morgan fingerprint density at radius 1 is 1.20 bits per heavy atom. The molecule has 3 aliphatic heterocycles. The molecule has 3 heterocycles. The van der Waals surface area contributed by atoms with Gasteiger partial charge in [-0.2, -0.15) is 0 Å². The average Bonchev–Trinajstić information content (AvgIpc) is 3.83. The molecule has 11 nitrogen and oxygen atoms in total. The summed E-state index contributed by atoms with van der Waals surface area (Å²) in [6.07, 6.45) is 3.32. The Kier molecular flexibility index (Phi) is 12.2. The molecule has 2 N–H and O–H groups in total. The van der Waals surface area contributed by atoms with Crippen molar-refractivity contribution in [1.29, 1.82) is 0 Å². The highest BCUT2D eigenvalue weighted by Gasteiger charge is 2.55. The van der Waals surface area contributed by atoms with Crippen molar-refractivity contribution in [3.8, 4) is 0 Å². The van der Waals surface area contributed by atoms with Gasteiger partial charge in [0, 0.05) is 38.8 Å². The van der Waals surface area contributed by atoms with Gasteiger partial charge in [0.15, 0.2) is 0 Å². The standard InChI is InChI=1S/C38H54ClN3O8/c1-21-12-11-13-23(3)38(47)20-29(49-36(46)40-38)24(4)33-34(50-33)28(48-35(45)25(5)41(9)30(43)14-15-37(6,7)8)19-31(44)42(10)27-18-26(16-21)17-22(2)32(27)39/h11-13,17-18,23-25,28-29,33-34,47H,14-16,19-20H2,1-10H3,(H,40,46)/b13-11+,21-12+/t23-,24-,25+,28+,29+,33+,34+,38+/m1/s1. The monoisotopic (exact) mass is 715 g/mol. The molecule has 4 bridgehead atoms. The summed E-state index contributed by atoms with van der Waals surface area (Å²) in [5.41, 5.74) is 1.69. The van der Waals surface area contributed by atoms with Crippen LogP contribution < -0.4 is 10.2 Å². The number of alkyl carbamates (subject to hydrolysis) is 1. The van der Waals surface area contributed by atoms with Crippen LogP contribution in [0.2, 0.25) is 5.02 Å². The van der Waals surface area contributed by atoms with E-state index in [-0.39, 0.29) is 36.5 Å². The number of halogens is 1. The van der Waals surface area contributed by atoms with Gasteiger partial charge in [-0.3, -0.25) is 14.9 Å². The van der Waals surface area contributed by atoms with Gasteiger partial charge in [0.1, 0.15) is 30.1 Å². The molecule has 4 rings (SSSR count). The van der Waals surface area contributed by atoms with E-state index in [1.54, 1.807) is 21.0 Å². The molecule has 1 aromatic carbocycles. The molecule has 50 heavy (non-hydrogen) atoms. The second-order valence-corrected chi connectivity index (χ2v) is 16.0. The second kappa shape index (κ2) is 15.5. The van der Waals surface area contributed by atoms with Crippen LogP contribution in [0.25, 0.3) is 0 Å². The number of anilines is 1. The number of hydrogen-bond donors (Lipinski definition) is 2. The molecule has 3 aliphatic rings. The first kappa shape index (κ1) is 39.4. The van der Waals surface area contributed by atoms with Gasteiger partial charge in [-0.05, 0) is 56.2 Å². The van der Waals surface area contributed by atoms with Crippen molar-refractivity contribution in [1.82, 2.24) is 10.2 Å². The number of likely N-dealkylation sites (N-methyl/N-ethyl adjacent to an activating group) is 1. The van der Waals surface area contributed by atoms with Crippen molar-refractivity contribution in [3.63, 3.8) is 0 Å². The molecule has 0 spiro atoms. The molecule has 12 heteroatoms. The van der Waals surface area contributed by atoms with E-state index >= 15 is 0 Å². The van der Waals surface area contributed by atoms with Crippen molar-refractivity contribution in [3.05, 3.63) is 52.1 Å². The average molecular weight is 716 g/mol. The van der Waals surface area contributed by atoms with Crippen molar-refractivity contribution in [2.75, 3.05) is 19.0 Å². The number of allylic oxidation sites excluding steroid dienone is 3. The molecular formula is C38H54ClN3O8. The maximum absolute atomic E-state index is 13.9. The Hall–Kier alpha value is -3.41. The van der Waals surface area contributed by atoms with Gasteiger partial charge in [0.05, 0.1) is 23.2 Å². The number of carbonyl (C=O) groups is 4. The third-order valence-electron chi connectivity index (χ3n) is 10.2. The summed E-state index contributed by atoms with van der Waals surface area (Å²) in [4.78, 5) is 56.0. The first-order chi connectivity index (χ1) is 23.2. The van der Waals surface area contributed by atoms with Crippen LogP contribution in [0, 0.1) is 24.2 Å². The van der Waals surface area contributed by atoms with Crippen LogP contribution >= 0.6 is 11.6 Å². The minimum atomic E-state index is -1.58. The third-order valence-corrected chi connectivity index (χ3v) is 10.7. The fourth-order valence-electron chi connectivity index (χ4n) is 6.45. The van der Waals surface area contributed by atoms with E-state index in [1.807, 2.05) is 78.8 Å². The van der Waals surface area contributed by atoms with E-state index in [1.165, 1.54) is 9.80 Å². The van der Waals surface area contributed by atoms with Crippen LogP contribution in [0.3, 0.4) is 0 Å². The predicted molar refractivity (Wildman–Crippen MR) is 192 cm³/mol. The highest BCUT2D eigenvalue weighted by atomic mass is 35.5. The topological polar surface area (TPSA) is 138 Å². The number of nitrogens with zero attached hydrogens (tertiary/aromatic N) is 2. The zero-order chi connectivity index (χ0) is 37.3. The summed E-state index contributed by atoms with van der Waals surface area (Å²) in [5, 5.41) is 14.6. The van der Waals surface area contributed by atoms with Gasteiger partial charge in [-0.25, -0.2) is 9.59 Å². The summed E-state index contributed by atoms with van der Waals surface area (Å²) in [7, 11) is 3.20. The van der Waals surface area contributed by atoms with Gasteiger partial charge < -0.3 is 29.1 Å². The first-order valence-electron chi connectivity index (χ1n) is 17.4. The molecule has 0 radical (unpaired) electrons. The fourth-order valence-corrected chi connectivity index (χ4v) is 6.69. The minimum absolute atomic E-state index is 0.0490. The lowest BCUT2D eigenvalue weighted by molar-refractivity contribution is -0.160. The van der Waals surface area contributed by atoms with Crippen molar-refractivity contribution >= 4 is 41.2 Å². The maximum atomic E-state index is 13.9. The highest BCUT2D eigenvalue weighted by molar-refractivity contribution is 6.34. The number of amides is 3. The lowest BCUT2D eigenvalue weighted by atomic mass is 9.84. The number of ether oxygens (including phenoxy) is 3. The number of epoxide rings is 1. The van der Waals surface area contributed by atoms with Crippen LogP contribution in [0.1, 0.15) is 85.3 Å². The summed E-state index contributed by atoms with van der Waals surface area (Å²) in [5.74, 6) is -2.08. The molecule has 276 valence electrons. The molecule has 3 amide bonds. The second-order valence-electron chi connectivity index (χ2n) is 15.6. The minimum Gasteiger partial charge on any atom is -0.457 e. The summed E-state index contributed by atoms with van der Waals surface area (Å²) >= 11 is 6.74. The molecule has 0 unspecified atom stereocenters. The molecule has 1 aromatic rings. The lowest BCUT2D eigenvalue weighted by Gasteiger charge is -2.41. The first-order valence-corrected chi connectivity index (χ1v) is 17.8. The zero-order valence-electron chi connectivity index (χ0n) is 31.0. The number of hydrogen-bond acceptors (Lipinski definition) is 8. The predicted octanol–water partition coefficient (Wildman–Crippen LogP) is 5.87. The van der Waals surface area contributed by atoms with Crippen LogP contribution in [0.4, 0.5) is 10.5 Å². The van der Waals surface area contributed by atoms with E-state index in [0.29, 0.717) is 23.6 Å². The van der Waals surface area contributed by atoms with Crippen molar-refractivity contribution in [2.45, 2.75) is 124 Å². The van der Waals surface area contributed by atoms with Gasteiger partial charge in [0.2, 0.25) is 11.8 Å². The van der Waals surface area contributed by atoms with E-state index in [9.17, 15) is 24.3 Å². The largest absolute Gasteiger partial charge is 0.457 e. The van der Waals surface area contributed by atoms with Crippen molar-refractivity contribution in [2.24, 2.45) is 17.3 Å². The quantitative estimate of drug-likeness (QED) is 0.285. The summed E-state index contributed by atoms with van der Waals surface area (Å²) in [6.45, 7) is 15.3. The van der Waals surface area contributed by atoms with Gasteiger partial charge in [-0.15, -0.1) is 0 Å². The third kappa shape index (κ3) is 9.47. The Morgan fingerprint density at radius 2 is 1.88 bits per heavy atom. The number of fused-ring (bicyclic) bond motifs is 5. The number of nitrogens with one attached hydrogen (secondary N) is 1. The summed E-state index contributed by atoms with van der Waals surface area (Å²) < 4.78 is 17.7. The molecule has 0 saturated carbocycles. The SMILES string of the molecule is C/C1=C\C=C\[C@@H](C)[C@@]2(O)C[C@H](OC(=O)N2)[C@@H](C)[C@@H]2O[C@H]2[C@@H](OC(=O)[C@H](C)N(C)C(=O)CCC(C)(C)C)CC(=O)N(C)c2cc(cc(C)c2Cl)C1. The molecular weight excluding hydrogens is 662 g/mol. The zero-order valence-corrected chi connectivity index (χ0v) is 31.8. The van der Waals surface area contributed by atoms with E-state index < -0.39 is 60.1 Å². The number of esters is 1. The van der Waals surface area contributed by atoms with Gasteiger partial charge in [0.25, 0.3) is 0 Å². The number of aryl methyl sites for hydroxylation is 1. The Bertz CT molecular complexity index is 1540. The van der Waals surface area contributed by atoms with E-state index in [0.717, 1.165) is 16.7 Å². The molecule has 2 saturated heterocycles. The van der Waals surface area contributed by atoms with E-state index in [2.05, 4.69) is 5.32 Å². The van der Waals surface area contributed by atoms with Crippen LogP contribution in [-0.2, 0) is 35.0 Å². The normalized spacial score (nSPS) is 31.3. The van der Waals surface area contributed by atoms with Crippen LogP contribution in [0.15, 0.2) is 35.9 Å². The number of aliphatic hydroxyl groups is 1. The maximum Gasteiger partial charge on any atom is 0.409 e. The van der Waals surface area contributed by atoms with Gasteiger partial charge >= 0.3 is 12.1 Å². The van der Waals surface area contributed by atoms with Crippen LogP contribution in [-0.4, -0.2) is 84.2 Å². The Labute approximate surface area is 301 Å². The smallest absolute Gasteiger partial charge is 0.409 e. The fraction of sp³-hybridized carbons (Fsp3) is 0.632. The van der Waals surface area contributed by atoms with E-state index in [4.69, 9.17) is 25.8 Å². The van der Waals surface area contributed by atoms with Crippen molar-refractivity contribution < 1.29 is 38.5 Å². The lowest BCUT2D eigenvalue weighted by Crippen LogP contribution is -2.60. The molecule has 8 atom stereocenters. The Balaban J connectivity index is 1.67. The summed E-state index contributed by atoms with van der Waals surface area (Å²) in [6, 6.07) is 2.94. The number of carbonyl (C=O) groups excluding carboxylic acids is 4. The molecule has 0 aromatic heterocycles. The van der Waals surface area contributed by atoms with Crippen LogP contribution in [0.5, 0.6) is 0 Å². The highest BCUT2D eigenvalue weighted by Crippen LogP contribution is 2.41. The number of rotatable bonds is 5. The molecule has 0 aliphatic carbocycles. The Morgan fingerprint density at radius 3 is 2.54 bits per heavy atom. The number of benzene rings is 1.